The number of methoxy groups -OCH3 is 1. The number of unbranched alkanes of at least 4 members (excludes halogenated alkanes) is 2. The van der Waals surface area contributed by atoms with E-state index in [0.717, 1.165) is 39.5 Å². The second kappa shape index (κ2) is 18.2. The van der Waals surface area contributed by atoms with Gasteiger partial charge in [0.05, 0.1) is 16.1 Å². The molecule has 0 fully saturated rings. The minimum atomic E-state index is -4.96. The second-order valence-corrected chi connectivity index (χ2v) is 20.6. The van der Waals surface area contributed by atoms with Crippen LogP contribution in [-0.2, 0) is 50.7 Å². The van der Waals surface area contributed by atoms with E-state index < -0.39 is 56.9 Å². The van der Waals surface area contributed by atoms with E-state index in [1.54, 1.807) is 13.2 Å². The van der Waals surface area contributed by atoms with Gasteiger partial charge in [-0.1, -0.05) is 55.0 Å². The number of fused-ring (bicyclic) bond motifs is 6. The Kier molecular flexibility index (Phi) is 13.7. The number of ether oxygens (including phenoxy) is 1. The summed E-state index contributed by atoms with van der Waals surface area (Å²) in [6.45, 7) is 7.39. The summed E-state index contributed by atoms with van der Waals surface area (Å²) in [6.07, 6.45) is 12.2. The Morgan fingerprint density at radius 2 is 1.53 bits per heavy atom. The number of aliphatic carboxylic acids is 1. The number of anilines is 1. The minimum absolute atomic E-state index is 0.0106. The Hall–Kier alpha value is -4.75. The molecule has 332 valence electrons. The van der Waals surface area contributed by atoms with E-state index in [1.807, 2.05) is 67.3 Å². The number of carboxylic acid groups (broad SMARTS) is 1. The van der Waals surface area contributed by atoms with Gasteiger partial charge in [0.1, 0.15) is 11.4 Å². The van der Waals surface area contributed by atoms with Crippen LogP contribution < -0.4 is 4.90 Å². The van der Waals surface area contributed by atoms with Gasteiger partial charge in [0.2, 0.25) is 5.69 Å². The van der Waals surface area contributed by atoms with Crippen LogP contribution in [-0.4, -0.2) is 92.8 Å². The fourth-order valence-corrected chi connectivity index (χ4v) is 11.2. The molecule has 0 saturated carbocycles. The molecule has 2 unspecified atom stereocenters. The van der Waals surface area contributed by atoms with Gasteiger partial charge in [-0.25, -0.2) is 0 Å². The van der Waals surface area contributed by atoms with Crippen LogP contribution >= 0.6 is 0 Å². The summed E-state index contributed by atoms with van der Waals surface area (Å²) in [7, 11) is -12.5. The average Bonchev–Trinajstić information content (AvgIpc) is 3.58. The first-order chi connectivity index (χ1) is 29.2. The maximum absolute atomic E-state index is 12.7. The smallest absolute Gasteiger partial charge is 0.303 e. The summed E-state index contributed by atoms with van der Waals surface area (Å²) in [6, 6.07) is 17.4. The lowest BCUT2D eigenvalue weighted by Crippen LogP contribution is -2.32. The van der Waals surface area contributed by atoms with E-state index in [0.29, 0.717) is 56.4 Å². The molecule has 0 spiro atoms. The molecule has 0 aromatic heterocycles. The van der Waals surface area contributed by atoms with Crippen LogP contribution in [0.4, 0.5) is 11.4 Å². The fraction of sp³-hybridized carbons (Fsp3) is 0.378. The van der Waals surface area contributed by atoms with Crippen LogP contribution in [0, 0.1) is 0 Å². The molecular weight excluding hydrogens is 857 g/mol. The molecule has 2 atom stereocenters. The third kappa shape index (κ3) is 9.44. The molecule has 62 heavy (non-hydrogen) atoms. The van der Waals surface area contributed by atoms with Gasteiger partial charge >= 0.3 is 5.97 Å². The van der Waals surface area contributed by atoms with Crippen molar-refractivity contribution in [2.45, 2.75) is 86.3 Å². The molecular formula is C45H53N2O12S3+. The molecule has 4 aromatic carbocycles. The Balaban J connectivity index is 1.47. The summed E-state index contributed by atoms with van der Waals surface area (Å²) in [5, 5.41) is 11.6. The quantitative estimate of drug-likeness (QED) is 0.0304. The number of rotatable bonds is 19. The number of nitrogens with zero attached hydrogens (tertiary/aromatic N) is 2. The number of hydrogen-bond donors (Lipinski definition) is 4. The standard InChI is InChI=1S/C45H52N2O12S3/c1-5-46-36-22-20-31-15-11-12-16-33(31)42(36)44(2,24-14-28-60(50,51)52)39(46)17-8-6-9-18-40-45(3,25-27-59-4)43-35-29-32(61(53,54)55)30-38(62(56,57)58)34(35)21-23-37(43)47(40)26-13-7-10-19-41(48)49/h6,8-9,11-12,15-18,20-23,29-30H,5,7,10,13-14,19,24-28H2,1-4H3,(H3-,48,49,50,51,52,53,54,55,56,57,58)/p+1. The van der Waals surface area contributed by atoms with Gasteiger partial charge in [-0.2, -0.15) is 29.8 Å². The third-order valence-corrected chi connectivity index (χ3v) is 14.7. The van der Waals surface area contributed by atoms with Crippen LogP contribution in [0.15, 0.2) is 107 Å². The van der Waals surface area contributed by atoms with E-state index in [1.165, 1.54) is 12.1 Å². The van der Waals surface area contributed by atoms with Crippen molar-refractivity contribution in [3.8, 4) is 0 Å². The lowest BCUT2D eigenvalue weighted by molar-refractivity contribution is -0.433. The Morgan fingerprint density at radius 3 is 2.19 bits per heavy atom. The number of carboxylic acids is 1. The molecule has 2 heterocycles. The van der Waals surface area contributed by atoms with Gasteiger partial charge in [-0.15, -0.1) is 0 Å². The van der Waals surface area contributed by atoms with Crippen LogP contribution in [0.5, 0.6) is 0 Å². The molecule has 0 radical (unpaired) electrons. The first-order valence-electron chi connectivity index (χ1n) is 20.4. The van der Waals surface area contributed by atoms with Crippen molar-refractivity contribution < 1.29 is 58.1 Å². The molecule has 2 aliphatic heterocycles. The van der Waals surface area contributed by atoms with Gasteiger partial charge in [-0.05, 0) is 105 Å². The molecule has 0 bridgehead atoms. The highest BCUT2D eigenvalue weighted by molar-refractivity contribution is 7.87. The van der Waals surface area contributed by atoms with Crippen molar-refractivity contribution in [3.63, 3.8) is 0 Å². The Bertz CT molecular complexity index is 2890. The largest absolute Gasteiger partial charge is 0.481 e. The van der Waals surface area contributed by atoms with Crippen LogP contribution in [0.25, 0.3) is 21.5 Å². The molecule has 17 heteroatoms. The first kappa shape index (κ1) is 46.7. The summed E-state index contributed by atoms with van der Waals surface area (Å²) in [5.41, 5.74) is 3.46. The van der Waals surface area contributed by atoms with E-state index in [-0.39, 0.29) is 36.0 Å². The van der Waals surface area contributed by atoms with Crippen molar-refractivity contribution in [2.24, 2.45) is 0 Å². The maximum atomic E-state index is 12.7. The van der Waals surface area contributed by atoms with Crippen molar-refractivity contribution in [1.82, 2.24) is 0 Å². The highest BCUT2D eigenvalue weighted by atomic mass is 32.2. The zero-order chi connectivity index (χ0) is 45.3. The third-order valence-electron chi connectivity index (χ3n) is 12.1. The lowest BCUT2D eigenvalue weighted by atomic mass is 9.74. The molecule has 4 N–H and O–H groups in total. The van der Waals surface area contributed by atoms with Crippen molar-refractivity contribution >= 4 is 75.0 Å². The van der Waals surface area contributed by atoms with Gasteiger partial charge in [0.15, 0.2) is 5.71 Å². The lowest BCUT2D eigenvalue weighted by Gasteiger charge is -2.30. The monoisotopic (exact) mass is 909 g/mol. The van der Waals surface area contributed by atoms with Crippen molar-refractivity contribution in [3.05, 3.63) is 108 Å². The Labute approximate surface area is 363 Å². The van der Waals surface area contributed by atoms with E-state index in [2.05, 4.69) is 29.7 Å². The molecule has 14 nitrogen and oxygen atoms in total. The summed E-state index contributed by atoms with van der Waals surface area (Å²) >= 11 is 0. The molecule has 2 aliphatic rings. The van der Waals surface area contributed by atoms with E-state index in [9.17, 15) is 48.8 Å². The highest BCUT2D eigenvalue weighted by Crippen LogP contribution is 2.54. The molecule has 0 saturated heterocycles. The SMILES string of the molecule is CC[N+]1=C(/C=C/C=C/C=C2/N(CCCCCC(=O)O)c3ccc4c(S(=O)(=O)O)cc(S(=O)(=O)O)cc4c3C2(C)CCOC)C(C)(CCCS(=O)(=O)O)c2c1ccc1ccccc21. The van der Waals surface area contributed by atoms with Crippen LogP contribution in [0.3, 0.4) is 0 Å². The normalized spacial score (nSPS) is 20.1. The zero-order valence-electron chi connectivity index (χ0n) is 35.1. The van der Waals surface area contributed by atoms with E-state index in [4.69, 9.17) is 4.74 Å². The van der Waals surface area contributed by atoms with Crippen molar-refractivity contribution in [2.75, 3.05) is 37.5 Å². The summed E-state index contributed by atoms with van der Waals surface area (Å²) in [4.78, 5) is 11.9. The topological polar surface area (TPSA) is 216 Å². The predicted molar refractivity (Wildman–Crippen MR) is 240 cm³/mol. The van der Waals surface area contributed by atoms with Gasteiger partial charge in [-0.3, -0.25) is 18.5 Å². The van der Waals surface area contributed by atoms with Gasteiger partial charge < -0.3 is 14.7 Å². The average molecular weight is 910 g/mol. The molecule has 0 aliphatic carbocycles. The molecule has 4 aromatic rings. The van der Waals surface area contributed by atoms with Crippen LogP contribution in [0.2, 0.25) is 0 Å². The molecule has 6 rings (SSSR count). The fourth-order valence-electron chi connectivity index (χ4n) is 9.34. The zero-order valence-corrected chi connectivity index (χ0v) is 37.6. The van der Waals surface area contributed by atoms with E-state index >= 15 is 0 Å². The summed E-state index contributed by atoms with van der Waals surface area (Å²) < 4.78 is 112. The van der Waals surface area contributed by atoms with Gasteiger partial charge in [0.25, 0.3) is 30.4 Å². The highest BCUT2D eigenvalue weighted by Gasteiger charge is 2.48. The second-order valence-electron chi connectivity index (χ2n) is 16.2. The predicted octanol–water partition coefficient (Wildman–Crippen LogP) is 7.99. The van der Waals surface area contributed by atoms with Crippen LogP contribution in [0.1, 0.15) is 76.8 Å². The van der Waals surface area contributed by atoms with Gasteiger partial charge in [0, 0.05) is 66.6 Å². The first-order valence-corrected chi connectivity index (χ1v) is 24.9. The number of hydrogen-bond acceptors (Lipinski definition) is 9. The Morgan fingerprint density at radius 1 is 0.790 bits per heavy atom. The number of carbonyl (C=O) groups is 1. The van der Waals surface area contributed by atoms with Crippen molar-refractivity contribution in [1.29, 1.82) is 0 Å². The number of allylic oxidation sites excluding steroid dienone is 6. The maximum Gasteiger partial charge on any atom is 0.303 e. The summed E-state index contributed by atoms with van der Waals surface area (Å²) in [5.74, 6) is -1.27. The number of benzene rings is 4. The molecule has 0 amide bonds. The minimum Gasteiger partial charge on any atom is -0.481 e.